The van der Waals surface area contributed by atoms with Crippen LogP contribution in [0.1, 0.15) is 40.0 Å². The van der Waals surface area contributed by atoms with Crippen molar-refractivity contribution in [3.05, 3.63) is 83.4 Å². The Morgan fingerprint density at radius 3 is 2.33 bits per heavy atom. The van der Waals surface area contributed by atoms with E-state index < -0.39 is 31.8 Å². The van der Waals surface area contributed by atoms with E-state index in [4.69, 9.17) is 9.72 Å². The number of hydrogen-bond acceptors (Lipinski definition) is 10. The van der Waals surface area contributed by atoms with Gasteiger partial charge in [-0.15, -0.1) is 0 Å². The molecule has 0 spiro atoms. The van der Waals surface area contributed by atoms with Crippen LogP contribution in [0.3, 0.4) is 0 Å². The quantitative estimate of drug-likeness (QED) is 0.245. The second-order valence-electron chi connectivity index (χ2n) is 11.1. The molecule has 5 aromatic rings. The molecule has 0 bridgehead atoms. The van der Waals surface area contributed by atoms with Crippen molar-refractivity contribution in [2.45, 2.75) is 38.1 Å². The molecule has 1 saturated heterocycles. The Bertz CT molecular complexity index is 2180. The number of carbonyl (C=O) groups excluding carboxylic acids is 1. The van der Waals surface area contributed by atoms with Gasteiger partial charge in [0.2, 0.25) is 0 Å². The highest BCUT2D eigenvalue weighted by molar-refractivity contribution is 7.92. The fraction of sp³-hybridized carbons (Fsp3) is 0.258. The maximum Gasteiger partial charge on any atom is 0.263 e. The number of aromatic nitrogens is 5. The van der Waals surface area contributed by atoms with Crippen LogP contribution < -0.4 is 14.8 Å². The van der Waals surface area contributed by atoms with Crippen LogP contribution in [-0.2, 0) is 19.9 Å². The first-order valence-electron chi connectivity index (χ1n) is 14.3. The molecule has 1 amide bonds. The summed E-state index contributed by atoms with van der Waals surface area (Å²) in [7, 11) is -5.60. The van der Waals surface area contributed by atoms with E-state index in [1.165, 1.54) is 30.3 Å². The third-order valence-electron chi connectivity index (χ3n) is 7.65. The van der Waals surface area contributed by atoms with Crippen molar-refractivity contribution in [1.82, 2.24) is 24.7 Å². The number of nitrogens with zero attached hydrogens (tertiary/aromatic N) is 5. The summed E-state index contributed by atoms with van der Waals surface area (Å²) in [6.07, 6.45) is 0.398. The molecule has 1 fully saturated rings. The fourth-order valence-electron chi connectivity index (χ4n) is 5.51. The van der Waals surface area contributed by atoms with Gasteiger partial charge in [-0.1, -0.05) is 0 Å². The highest BCUT2D eigenvalue weighted by atomic mass is 32.2. The number of rotatable bonds is 8. The van der Waals surface area contributed by atoms with E-state index in [9.17, 15) is 21.6 Å². The van der Waals surface area contributed by atoms with Crippen LogP contribution in [-0.4, -0.2) is 66.1 Å². The maximum atomic E-state index is 13.8. The molecule has 46 heavy (non-hydrogen) atoms. The molecule has 1 unspecified atom stereocenters. The summed E-state index contributed by atoms with van der Waals surface area (Å²) in [6.45, 7) is 5.16. The number of hydrogen-bond donors (Lipinski definition) is 2. The zero-order valence-electron chi connectivity index (χ0n) is 25.5. The SMILES string of the molecule is COc1ccc(-c2cc(C(=O)Nc3ccc(S(=O)(=O)Nc4cc(C)nc(C)n4)cc3)c3c(C)nn(C4CCS(=O)(=O)C4)c3n2)cc1. The average Bonchev–Trinajstić information content (AvgIpc) is 3.54. The zero-order chi connectivity index (χ0) is 32.8. The number of carbonyl (C=O) groups is 1. The number of sulfone groups is 1. The van der Waals surface area contributed by atoms with Crippen LogP contribution in [0, 0.1) is 20.8 Å². The fourth-order valence-corrected chi connectivity index (χ4v) is 8.19. The largest absolute Gasteiger partial charge is 0.497 e. The van der Waals surface area contributed by atoms with Gasteiger partial charge in [0.05, 0.1) is 51.9 Å². The first kappa shape index (κ1) is 31.1. The van der Waals surface area contributed by atoms with Crippen molar-refractivity contribution >= 4 is 48.3 Å². The van der Waals surface area contributed by atoms with Crippen LogP contribution in [0.2, 0.25) is 0 Å². The molecule has 238 valence electrons. The molecule has 2 N–H and O–H groups in total. The van der Waals surface area contributed by atoms with Gasteiger partial charge in [0.15, 0.2) is 15.5 Å². The summed E-state index contributed by atoms with van der Waals surface area (Å²) in [5.41, 5.74) is 3.41. The first-order chi connectivity index (χ1) is 21.8. The van der Waals surface area contributed by atoms with Crippen molar-refractivity contribution in [3.63, 3.8) is 0 Å². The van der Waals surface area contributed by atoms with Crippen molar-refractivity contribution in [3.8, 4) is 17.0 Å². The van der Waals surface area contributed by atoms with Gasteiger partial charge in [0, 0.05) is 23.0 Å². The minimum absolute atomic E-state index is 0.0175. The normalized spacial score (nSPS) is 16.0. The molecule has 3 aromatic heterocycles. The molecule has 1 aliphatic rings. The molecule has 15 heteroatoms. The topological polar surface area (TPSA) is 175 Å². The Morgan fingerprint density at radius 2 is 1.70 bits per heavy atom. The summed E-state index contributed by atoms with van der Waals surface area (Å²) in [6, 6.07) is 15.7. The number of anilines is 2. The predicted octanol–water partition coefficient (Wildman–Crippen LogP) is 4.23. The van der Waals surface area contributed by atoms with Crippen LogP contribution in [0.5, 0.6) is 5.75 Å². The van der Waals surface area contributed by atoms with Crippen LogP contribution in [0.4, 0.5) is 11.5 Å². The van der Waals surface area contributed by atoms with Crippen LogP contribution >= 0.6 is 0 Å². The van der Waals surface area contributed by atoms with E-state index in [-0.39, 0.29) is 27.8 Å². The Morgan fingerprint density at radius 1 is 0.978 bits per heavy atom. The van der Waals surface area contributed by atoms with Crippen LogP contribution in [0.25, 0.3) is 22.3 Å². The third kappa shape index (κ3) is 6.28. The standard InChI is InChI=1S/C31H31N7O6S2/c1-18-15-28(33-20(3)32-18)37-46(42,43)25-11-7-22(8-12-25)34-31(39)26-16-27(21-5-9-24(44-4)10-6-21)35-30-29(26)19(2)36-38(30)23-13-14-45(40,41)17-23/h5-12,15-16,23H,13-14,17H2,1-4H3,(H,34,39)(H,32,33,37). The molecule has 1 aliphatic heterocycles. The Balaban J connectivity index is 1.34. The molecule has 0 aliphatic carbocycles. The van der Waals surface area contributed by atoms with E-state index in [1.54, 1.807) is 50.8 Å². The second kappa shape index (κ2) is 11.8. The summed E-state index contributed by atoms with van der Waals surface area (Å²) < 4.78 is 60.0. The number of fused-ring (bicyclic) bond motifs is 1. The summed E-state index contributed by atoms with van der Waals surface area (Å²) >= 11 is 0. The van der Waals surface area contributed by atoms with E-state index in [0.29, 0.717) is 51.8 Å². The van der Waals surface area contributed by atoms with Crippen molar-refractivity contribution in [1.29, 1.82) is 0 Å². The zero-order valence-corrected chi connectivity index (χ0v) is 27.1. The molecular weight excluding hydrogens is 631 g/mol. The first-order valence-corrected chi connectivity index (χ1v) is 17.6. The lowest BCUT2D eigenvalue weighted by atomic mass is 10.0. The highest BCUT2D eigenvalue weighted by Gasteiger charge is 2.32. The van der Waals surface area contributed by atoms with Gasteiger partial charge in [0.25, 0.3) is 15.9 Å². The van der Waals surface area contributed by atoms with Crippen LogP contribution in [0.15, 0.2) is 65.6 Å². The minimum atomic E-state index is -3.96. The lowest BCUT2D eigenvalue weighted by Crippen LogP contribution is -2.16. The lowest BCUT2D eigenvalue weighted by Gasteiger charge is -2.13. The number of sulfonamides is 1. The molecule has 6 rings (SSSR count). The number of aryl methyl sites for hydroxylation is 3. The van der Waals surface area contributed by atoms with E-state index in [1.807, 2.05) is 12.1 Å². The molecule has 0 saturated carbocycles. The van der Waals surface area contributed by atoms with Gasteiger partial charge in [-0.2, -0.15) is 5.10 Å². The maximum absolute atomic E-state index is 13.8. The smallest absolute Gasteiger partial charge is 0.263 e. The Hall–Kier alpha value is -4.89. The van der Waals surface area contributed by atoms with Crippen molar-refractivity contribution in [2.24, 2.45) is 0 Å². The van der Waals surface area contributed by atoms with Crippen molar-refractivity contribution < 1.29 is 26.4 Å². The third-order valence-corrected chi connectivity index (χ3v) is 10.8. The van der Waals surface area contributed by atoms with Crippen molar-refractivity contribution in [2.75, 3.05) is 28.7 Å². The van der Waals surface area contributed by atoms with Gasteiger partial charge >= 0.3 is 0 Å². The molecule has 1 atom stereocenters. The number of amides is 1. The van der Waals surface area contributed by atoms with Gasteiger partial charge in [-0.25, -0.2) is 36.5 Å². The van der Waals surface area contributed by atoms with Gasteiger partial charge < -0.3 is 10.1 Å². The number of benzene rings is 2. The summed E-state index contributed by atoms with van der Waals surface area (Å²) in [4.78, 5) is 27.0. The van der Waals surface area contributed by atoms with E-state index in [2.05, 4.69) is 25.1 Å². The summed E-state index contributed by atoms with van der Waals surface area (Å²) in [5.74, 6) is 0.781. The molecule has 0 radical (unpaired) electrons. The number of nitrogens with one attached hydrogen (secondary N) is 2. The summed E-state index contributed by atoms with van der Waals surface area (Å²) in [5, 5.41) is 7.99. The second-order valence-corrected chi connectivity index (χ2v) is 15.0. The van der Waals surface area contributed by atoms with Gasteiger partial charge in [0.1, 0.15) is 17.4 Å². The lowest BCUT2D eigenvalue weighted by molar-refractivity contribution is 0.102. The molecule has 2 aromatic carbocycles. The monoisotopic (exact) mass is 661 g/mol. The van der Waals surface area contributed by atoms with E-state index in [0.717, 1.165) is 5.56 Å². The Labute approximate surface area is 266 Å². The molecule has 13 nitrogen and oxygen atoms in total. The van der Waals surface area contributed by atoms with Gasteiger partial charge in [-0.05, 0) is 81.8 Å². The predicted molar refractivity (Wildman–Crippen MR) is 173 cm³/mol. The Kier molecular flexibility index (Phi) is 7.98. The number of ether oxygens (including phenoxy) is 1. The average molecular weight is 662 g/mol. The van der Waals surface area contributed by atoms with E-state index >= 15 is 0 Å². The minimum Gasteiger partial charge on any atom is -0.497 e. The van der Waals surface area contributed by atoms with Gasteiger partial charge in [-0.3, -0.25) is 9.52 Å². The molecule has 4 heterocycles. The number of methoxy groups -OCH3 is 1. The number of pyridine rings is 1. The molecular formula is C31H31N7O6S2. The highest BCUT2D eigenvalue weighted by Crippen LogP contribution is 2.33.